The van der Waals surface area contributed by atoms with Crippen molar-refractivity contribution in [1.29, 1.82) is 0 Å². The van der Waals surface area contributed by atoms with Crippen LogP contribution in [0.4, 0.5) is 4.39 Å². The van der Waals surface area contributed by atoms with Crippen LogP contribution >= 0.6 is 0 Å². The number of hydrogen-bond donors (Lipinski definition) is 0. The molecule has 1 rings (SSSR count). The minimum absolute atomic E-state index is 0.0381. The van der Waals surface area contributed by atoms with Gasteiger partial charge >= 0.3 is 0 Å². The van der Waals surface area contributed by atoms with E-state index in [1.165, 1.54) is 20.1 Å². The Morgan fingerprint density at radius 1 is 1.40 bits per heavy atom. The second-order valence-corrected chi connectivity index (χ2v) is 4.03. The van der Waals surface area contributed by atoms with E-state index in [1.807, 2.05) is 13.8 Å². The number of hydrogen-bond acceptors (Lipinski definition) is 2. The molecule has 0 bridgehead atoms. The fraction of sp³-hybridized carbons (Fsp3) is 0.417. The highest BCUT2D eigenvalue weighted by Crippen LogP contribution is 2.28. The first-order valence-electron chi connectivity index (χ1n) is 4.74. The van der Waals surface area contributed by atoms with Crippen LogP contribution in [0.2, 0.25) is 0 Å². The summed E-state index contributed by atoms with van der Waals surface area (Å²) in [5.74, 6) is -0.210. The Balaban J connectivity index is 3.22. The molecular formula is C12H15FO2. The van der Waals surface area contributed by atoms with E-state index < -0.39 is 11.2 Å². The van der Waals surface area contributed by atoms with Crippen molar-refractivity contribution in [2.24, 2.45) is 0 Å². The molecule has 0 heterocycles. The molecule has 1 aromatic carbocycles. The van der Waals surface area contributed by atoms with Gasteiger partial charge in [0.15, 0.2) is 11.6 Å². The van der Waals surface area contributed by atoms with Crippen LogP contribution in [0.5, 0.6) is 5.75 Å². The monoisotopic (exact) mass is 210 g/mol. The molecular weight excluding hydrogens is 195 g/mol. The van der Waals surface area contributed by atoms with Gasteiger partial charge in [-0.05, 0) is 38.5 Å². The van der Waals surface area contributed by atoms with Gasteiger partial charge in [-0.15, -0.1) is 0 Å². The molecule has 0 radical (unpaired) electrons. The molecule has 2 nitrogen and oxygen atoms in total. The molecule has 0 N–H and O–H groups in total. The van der Waals surface area contributed by atoms with Crippen LogP contribution < -0.4 is 4.74 Å². The average molecular weight is 210 g/mol. The molecule has 0 amide bonds. The number of carbonyl (C=O) groups excluding carboxylic acids is 1. The van der Waals surface area contributed by atoms with Crippen LogP contribution in [0.3, 0.4) is 0 Å². The molecule has 0 saturated carbocycles. The van der Waals surface area contributed by atoms with Crippen LogP contribution in [0.25, 0.3) is 0 Å². The summed E-state index contributed by atoms with van der Waals surface area (Å²) in [4.78, 5) is 11.4. The fourth-order valence-corrected chi connectivity index (χ4v) is 1.25. The zero-order valence-electron chi connectivity index (χ0n) is 9.43. The van der Waals surface area contributed by atoms with Gasteiger partial charge in [0.25, 0.3) is 0 Å². The van der Waals surface area contributed by atoms with Crippen molar-refractivity contribution < 1.29 is 13.9 Å². The molecule has 3 heteroatoms. The van der Waals surface area contributed by atoms with Crippen LogP contribution in [0.1, 0.15) is 26.3 Å². The zero-order valence-corrected chi connectivity index (χ0v) is 9.43. The first kappa shape index (κ1) is 11.7. The third-order valence-electron chi connectivity index (χ3n) is 2.75. The predicted octanol–water partition coefficient (Wildman–Crippen LogP) is 2.70. The van der Waals surface area contributed by atoms with Crippen molar-refractivity contribution in [2.75, 3.05) is 7.11 Å². The maximum absolute atomic E-state index is 13.1. The van der Waals surface area contributed by atoms with E-state index in [-0.39, 0.29) is 11.5 Å². The maximum atomic E-state index is 13.1. The number of ether oxygens (including phenoxy) is 1. The summed E-state index contributed by atoms with van der Waals surface area (Å²) in [7, 11) is 1.41. The van der Waals surface area contributed by atoms with E-state index in [4.69, 9.17) is 4.74 Å². The van der Waals surface area contributed by atoms with Crippen LogP contribution in [0.15, 0.2) is 18.2 Å². The van der Waals surface area contributed by atoms with Crippen LogP contribution in [0, 0.1) is 5.82 Å². The number of rotatable bonds is 3. The highest BCUT2D eigenvalue weighted by Gasteiger charge is 2.26. The molecule has 0 aliphatic rings. The maximum Gasteiger partial charge on any atom is 0.165 e. The molecule has 0 unspecified atom stereocenters. The zero-order chi connectivity index (χ0) is 11.6. The lowest BCUT2D eigenvalue weighted by Crippen LogP contribution is -2.26. The normalized spacial score (nSPS) is 11.3. The molecule has 82 valence electrons. The highest BCUT2D eigenvalue weighted by molar-refractivity contribution is 5.87. The third kappa shape index (κ3) is 2.17. The fourth-order valence-electron chi connectivity index (χ4n) is 1.25. The summed E-state index contributed by atoms with van der Waals surface area (Å²) < 4.78 is 18.0. The second kappa shape index (κ2) is 4.01. The first-order valence-corrected chi connectivity index (χ1v) is 4.74. The Hall–Kier alpha value is -1.38. The predicted molar refractivity (Wildman–Crippen MR) is 56.7 cm³/mol. The van der Waals surface area contributed by atoms with Crippen molar-refractivity contribution in [3.05, 3.63) is 29.6 Å². The summed E-state index contributed by atoms with van der Waals surface area (Å²) in [6.07, 6.45) is 0. The quantitative estimate of drug-likeness (QED) is 0.766. The summed E-state index contributed by atoms with van der Waals surface area (Å²) >= 11 is 0. The molecule has 0 saturated heterocycles. The molecule has 0 atom stereocenters. The van der Waals surface area contributed by atoms with E-state index in [0.29, 0.717) is 0 Å². The molecule has 0 aliphatic heterocycles. The van der Waals surface area contributed by atoms with E-state index in [2.05, 4.69) is 0 Å². The summed E-state index contributed by atoms with van der Waals surface area (Å²) in [6.45, 7) is 5.14. The lowest BCUT2D eigenvalue weighted by Gasteiger charge is -2.22. The van der Waals surface area contributed by atoms with E-state index in [1.54, 1.807) is 12.1 Å². The number of halogens is 1. The summed E-state index contributed by atoms with van der Waals surface area (Å²) in [6, 6.07) is 4.49. The van der Waals surface area contributed by atoms with Crippen molar-refractivity contribution in [3.8, 4) is 5.75 Å². The second-order valence-electron chi connectivity index (χ2n) is 4.03. The highest BCUT2D eigenvalue weighted by atomic mass is 19.1. The molecule has 15 heavy (non-hydrogen) atoms. The lowest BCUT2D eigenvalue weighted by atomic mass is 9.81. The van der Waals surface area contributed by atoms with Gasteiger partial charge in [0.05, 0.1) is 7.11 Å². The SMILES string of the molecule is COc1cc(C(C)(C)C(C)=O)ccc1F. The summed E-state index contributed by atoms with van der Waals surface area (Å²) in [5.41, 5.74) is 0.148. The van der Waals surface area contributed by atoms with E-state index >= 15 is 0 Å². The van der Waals surface area contributed by atoms with Crippen molar-refractivity contribution in [1.82, 2.24) is 0 Å². The number of carbonyl (C=O) groups is 1. The first-order chi connectivity index (χ1) is 6.89. The van der Waals surface area contributed by atoms with Gasteiger partial charge in [-0.25, -0.2) is 4.39 Å². The third-order valence-corrected chi connectivity index (χ3v) is 2.75. The largest absolute Gasteiger partial charge is 0.494 e. The Kier molecular flexibility index (Phi) is 3.12. The van der Waals surface area contributed by atoms with Gasteiger partial charge in [-0.1, -0.05) is 6.07 Å². The van der Waals surface area contributed by atoms with Crippen molar-refractivity contribution in [2.45, 2.75) is 26.2 Å². The van der Waals surface area contributed by atoms with Gasteiger partial charge in [-0.2, -0.15) is 0 Å². The van der Waals surface area contributed by atoms with E-state index in [0.717, 1.165) is 5.56 Å². The average Bonchev–Trinajstić information content (AvgIpc) is 2.18. The van der Waals surface area contributed by atoms with Gasteiger partial charge in [-0.3, -0.25) is 4.79 Å². The Morgan fingerprint density at radius 3 is 2.47 bits per heavy atom. The molecule has 0 fully saturated rings. The smallest absolute Gasteiger partial charge is 0.165 e. The van der Waals surface area contributed by atoms with Crippen LogP contribution in [-0.4, -0.2) is 12.9 Å². The van der Waals surface area contributed by atoms with Gasteiger partial charge in [0, 0.05) is 5.41 Å². The number of Topliss-reactive ketones (excluding diaryl/α,β-unsaturated/α-hetero) is 1. The standard InChI is InChI=1S/C12H15FO2/c1-8(14)12(2,3)9-5-6-10(13)11(7-9)15-4/h5-7H,1-4H3. The molecule has 0 aliphatic carbocycles. The summed E-state index contributed by atoms with van der Waals surface area (Å²) in [5, 5.41) is 0. The van der Waals surface area contributed by atoms with Gasteiger partial charge in [0.1, 0.15) is 5.78 Å². The molecule has 1 aromatic rings. The minimum Gasteiger partial charge on any atom is -0.494 e. The minimum atomic E-state index is -0.610. The molecule has 0 aromatic heterocycles. The topological polar surface area (TPSA) is 26.3 Å². The van der Waals surface area contributed by atoms with E-state index in [9.17, 15) is 9.18 Å². The van der Waals surface area contributed by atoms with Crippen molar-refractivity contribution >= 4 is 5.78 Å². The van der Waals surface area contributed by atoms with Gasteiger partial charge < -0.3 is 4.74 Å². The number of benzene rings is 1. The van der Waals surface area contributed by atoms with Gasteiger partial charge in [0.2, 0.25) is 0 Å². The molecule has 0 spiro atoms. The number of ketones is 1. The Morgan fingerprint density at radius 2 is 2.00 bits per heavy atom. The number of methoxy groups -OCH3 is 1. The Labute approximate surface area is 89.1 Å². The van der Waals surface area contributed by atoms with Crippen molar-refractivity contribution in [3.63, 3.8) is 0 Å². The van der Waals surface area contributed by atoms with Crippen LogP contribution in [-0.2, 0) is 10.2 Å². The lowest BCUT2D eigenvalue weighted by molar-refractivity contribution is -0.121. The Bertz CT molecular complexity index is 383.